The van der Waals surface area contributed by atoms with Gasteiger partial charge in [0.15, 0.2) is 0 Å². The number of amides is 1. The van der Waals surface area contributed by atoms with Gasteiger partial charge in [0, 0.05) is 43.0 Å². The first-order valence-electron chi connectivity index (χ1n) is 9.68. The molecule has 0 bridgehead atoms. The summed E-state index contributed by atoms with van der Waals surface area (Å²) in [6, 6.07) is 12.5. The number of nitrogens with one attached hydrogen (secondary N) is 1. The summed E-state index contributed by atoms with van der Waals surface area (Å²) >= 11 is 1.60. The number of aromatic nitrogens is 2. The average molecular weight is 393 g/mol. The van der Waals surface area contributed by atoms with Crippen LogP contribution in [0.1, 0.15) is 29.8 Å². The van der Waals surface area contributed by atoms with Crippen molar-refractivity contribution < 1.29 is 4.79 Å². The highest BCUT2D eigenvalue weighted by Crippen LogP contribution is 2.26. The molecule has 1 atom stereocenters. The van der Waals surface area contributed by atoms with Gasteiger partial charge in [-0.2, -0.15) is 0 Å². The van der Waals surface area contributed by atoms with Gasteiger partial charge in [-0.1, -0.05) is 37.3 Å². The normalized spacial score (nSPS) is 16.9. The van der Waals surface area contributed by atoms with Gasteiger partial charge in [0.1, 0.15) is 5.01 Å². The van der Waals surface area contributed by atoms with Crippen molar-refractivity contribution in [2.75, 3.05) is 19.6 Å². The first-order chi connectivity index (χ1) is 13.7. The van der Waals surface area contributed by atoms with E-state index in [4.69, 9.17) is 4.98 Å². The van der Waals surface area contributed by atoms with Gasteiger partial charge in [0.05, 0.1) is 18.2 Å². The Bertz CT molecular complexity index is 923. The Morgan fingerprint density at radius 3 is 2.89 bits per heavy atom. The van der Waals surface area contributed by atoms with Crippen LogP contribution in [0.3, 0.4) is 0 Å². The first-order valence-corrected chi connectivity index (χ1v) is 10.6. The lowest BCUT2D eigenvalue weighted by molar-refractivity contribution is -0.133. The first kappa shape index (κ1) is 18.8. The van der Waals surface area contributed by atoms with Gasteiger partial charge in [0.25, 0.3) is 0 Å². The maximum Gasteiger partial charge on any atom is 0.229 e. The highest BCUT2D eigenvalue weighted by molar-refractivity contribution is 7.13. The van der Waals surface area contributed by atoms with Crippen molar-refractivity contribution in [3.05, 3.63) is 71.0 Å². The molecule has 1 unspecified atom stereocenters. The Hall–Kier alpha value is -2.57. The Kier molecular flexibility index (Phi) is 5.78. The number of hydrogen-bond donors (Lipinski definition) is 1. The minimum absolute atomic E-state index is 0.0228. The van der Waals surface area contributed by atoms with E-state index < -0.39 is 0 Å². The van der Waals surface area contributed by atoms with E-state index >= 15 is 0 Å². The number of thiazole rings is 1. The summed E-state index contributed by atoms with van der Waals surface area (Å²) in [5, 5.41) is 6.35. The predicted octanol–water partition coefficient (Wildman–Crippen LogP) is 3.48. The number of benzene rings is 1. The zero-order valence-corrected chi connectivity index (χ0v) is 16.8. The fourth-order valence-corrected chi connectivity index (χ4v) is 4.36. The fraction of sp³-hybridized carbons (Fsp3) is 0.318. The molecule has 2 aromatic heterocycles. The minimum Gasteiger partial charge on any atom is -0.333 e. The highest BCUT2D eigenvalue weighted by Gasteiger charge is 2.28. The fourth-order valence-electron chi connectivity index (χ4n) is 3.53. The van der Waals surface area contributed by atoms with Crippen LogP contribution in [-0.2, 0) is 17.6 Å². The van der Waals surface area contributed by atoms with E-state index in [9.17, 15) is 4.79 Å². The molecule has 0 spiro atoms. The van der Waals surface area contributed by atoms with Gasteiger partial charge in [-0.15, -0.1) is 11.3 Å². The van der Waals surface area contributed by atoms with Crippen molar-refractivity contribution in [1.29, 1.82) is 0 Å². The summed E-state index contributed by atoms with van der Waals surface area (Å²) in [6.45, 7) is 4.42. The van der Waals surface area contributed by atoms with Crippen LogP contribution in [0, 0.1) is 0 Å². The molecule has 1 saturated heterocycles. The molecular formula is C22H24N4OS. The molecular weight excluding hydrogens is 368 g/mol. The van der Waals surface area contributed by atoms with Crippen LogP contribution in [0.4, 0.5) is 0 Å². The van der Waals surface area contributed by atoms with Crippen molar-refractivity contribution in [2.24, 2.45) is 0 Å². The number of carbonyl (C=O) groups excluding carboxylic acids is 1. The second-order valence-corrected chi connectivity index (χ2v) is 7.82. The van der Waals surface area contributed by atoms with E-state index in [2.05, 4.69) is 41.5 Å². The maximum atomic E-state index is 13.0. The van der Waals surface area contributed by atoms with Crippen molar-refractivity contribution >= 4 is 17.2 Å². The Morgan fingerprint density at radius 2 is 2.14 bits per heavy atom. The van der Waals surface area contributed by atoms with Crippen LogP contribution < -0.4 is 5.32 Å². The summed E-state index contributed by atoms with van der Waals surface area (Å²) in [4.78, 5) is 23.9. The number of piperazine rings is 1. The standard InChI is InChI=1S/C22H24N4OS/c1-2-16-5-7-17(8-6-16)22-25-19(15-28-22)12-21(27)26-11-10-24-14-20(26)18-4-3-9-23-13-18/h3-9,13,15,20,24H,2,10-12,14H2,1H3. The summed E-state index contributed by atoms with van der Waals surface area (Å²) in [5.41, 5.74) is 4.33. The maximum absolute atomic E-state index is 13.0. The third-order valence-electron chi connectivity index (χ3n) is 5.13. The number of carbonyl (C=O) groups is 1. The summed E-state index contributed by atoms with van der Waals surface area (Å²) in [5.74, 6) is 0.119. The van der Waals surface area contributed by atoms with Gasteiger partial charge in [0.2, 0.25) is 5.91 Å². The number of hydrogen-bond acceptors (Lipinski definition) is 5. The van der Waals surface area contributed by atoms with Crippen molar-refractivity contribution in [3.63, 3.8) is 0 Å². The molecule has 1 aromatic carbocycles. The van der Waals surface area contributed by atoms with E-state index in [0.717, 1.165) is 41.3 Å². The van der Waals surface area contributed by atoms with Gasteiger partial charge in [-0.25, -0.2) is 4.98 Å². The lowest BCUT2D eigenvalue weighted by Crippen LogP contribution is -2.49. The molecule has 1 fully saturated rings. The summed E-state index contributed by atoms with van der Waals surface area (Å²) in [7, 11) is 0. The quantitative estimate of drug-likeness (QED) is 0.722. The molecule has 1 aliphatic rings. The van der Waals surface area contributed by atoms with Crippen LogP contribution >= 0.6 is 11.3 Å². The molecule has 0 saturated carbocycles. The molecule has 144 valence electrons. The van der Waals surface area contributed by atoms with Gasteiger partial charge in [-0.3, -0.25) is 9.78 Å². The zero-order valence-electron chi connectivity index (χ0n) is 16.0. The van der Waals surface area contributed by atoms with E-state index in [-0.39, 0.29) is 11.9 Å². The van der Waals surface area contributed by atoms with E-state index in [1.165, 1.54) is 5.56 Å². The monoisotopic (exact) mass is 392 g/mol. The zero-order chi connectivity index (χ0) is 19.3. The number of rotatable bonds is 5. The molecule has 3 aromatic rings. The van der Waals surface area contributed by atoms with Crippen molar-refractivity contribution in [3.8, 4) is 10.6 Å². The molecule has 3 heterocycles. The largest absolute Gasteiger partial charge is 0.333 e. The SMILES string of the molecule is CCc1ccc(-c2nc(CC(=O)N3CCNCC3c3cccnc3)cs2)cc1. The molecule has 1 N–H and O–H groups in total. The second-order valence-electron chi connectivity index (χ2n) is 6.96. The van der Waals surface area contributed by atoms with E-state index in [1.807, 2.05) is 28.6 Å². The Balaban J connectivity index is 1.47. The summed E-state index contributed by atoms with van der Waals surface area (Å²) in [6.07, 6.45) is 4.97. The minimum atomic E-state index is 0.0228. The van der Waals surface area contributed by atoms with E-state index in [1.54, 1.807) is 17.5 Å². The van der Waals surface area contributed by atoms with Crippen LogP contribution in [-0.4, -0.2) is 40.4 Å². The molecule has 4 rings (SSSR count). The molecule has 1 aliphatic heterocycles. The Labute approximate surface area is 169 Å². The second kappa shape index (κ2) is 8.63. The van der Waals surface area contributed by atoms with Gasteiger partial charge in [-0.05, 0) is 23.6 Å². The third kappa shape index (κ3) is 4.13. The average Bonchev–Trinajstić information content (AvgIpc) is 3.23. The molecule has 28 heavy (non-hydrogen) atoms. The van der Waals surface area contributed by atoms with Crippen LogP contribution in [0.2, 0.25) is 0 Å². The number of pyridine rings is 1. The molecule has 6 heteroatoms. The number of nitrogens with zero attached hydrogens (tertiary/aromatic N) is 3. The lowest BCUT2D eigenvalue weighted by Gasteiger charge is -2.36. The summed E-state index contributed by atoms with van der Waals surface area (Å²) < 4.78 is 0. The Morgan fingerprint density at radius 1 is 1.29 bits per heavy atom. The van der Waals surface area contributed by atoms with Crippen LogP contribution in [0.25, 0.3) is 10.6 Å². The van der Waals surface area contributed by atoms with Crippen LogP contribution in [0.15, 0.2) is 54.2 Å². The molecule has 0 aliphatic carbocycles. The van der Waals surface area contributed by atoms with Crippen molar-refractivity contribution in [2.45, 2.75) is 25.8 Å². The predicted molar refractivity (Wildman–Crippen MR) is 112 cm³/mol. The topological polar surface area (TPSA) is 58.1 Å². The molecule has 5 nitrogen and oxygen atoms in total. The lowest BCUT2D eigenvalue weighted by atomic mass is 10.0. The van der Waals surface area contributed by atoms with Gasteiger partial charge < -0.3 is 10.2 Å². The molecule has 0 radical (unpaired) electrons. The smallest absolute Gasteiger partial charge is 0.229 e. The van der Waals surface area contributed by atoms with E-state index in [0.29, 0.717) is 13.0 Å². The highest BCUT2D eigenvalue weighted by atomic mass is 32.1. The molecule has 1 amide bonds. The van der Waals surface area contributed by atoms with Crippen LogP contribution in [0.5, 0.6) is 0 Å². The van der Waals surface area contributed by atoms with Gasteiger partial charge >= 0.3 is 0 Å². The third-order valence-corrected chi connectivity index (χ3v) is 6.07. The van der Waals surface area contributed by atoms with Crippen molar-refractivity contribution in [1.82, 2.24) is 20.2 Å². The number of aryl methyl sites for hydroxylation is 1.